The standard InChI is InChI=1S/C13H22O4/c14-13(15)10-3-5-12(6-4-10)17-9-7-11-2-1-8-16-11/h10-12H,1-9H2,(H,14,15). The number of ether oxygens (including phenoxy) is 2. The number of carboxylic acids is 1. The molecule has 1 N–H and O–H groups in total. The molecule has 4 heteroatoms. The third kappa shape index (κ3) is 3.96. The summed E-state index contributed by atoms with van der Waals surface area (Å²) in [5, 5.41) is 8.89. The highest BCUT2D eigenvalue weighted by Gasteiger charge is 2.26. The van der Waals surface area contributed by atoms with Gasteiger partial charge in [-0.05, 0) is 44.9 Å². The Morgan fingerprint density at radius 3 is 2.59 bits per heavy atom. The molecule has 17 heavy (non-hydrogen) atoms. The molecule has 1 saturated carbocycles. The molecule has 0 aromatic heterocycles. The summed E-state index contributed by atoms with van der Waals surface area (Å²) in [6.07, 6.45) is 7.30. The predicted molar refractivity (Wildman–Crippen MR) is 62.9 cm³/mol. The van der Waals surface area contributed by atoms with Crippen LogP contribution < -0.4 is 0 Å². The van der Waals surface area contributed by atoms with Crippen LogP contribution >= 0.6 is 0 Å². The summed E-state index contributed by atoms with van der Waals surface area (Å²) in [6.45, 7) is 1.65. The van der Waals surface area contributed by atoms with E-state index in [-0.39, 0.29) is 12.0 Å². The minimum atomic E-state index is -0.650. The number of rotatable bonds is 5. The molecule has 0 aromatic carbocycles. The summed E-state index contributed by atoms with van der Waals surface area (Å²) >= 11 is 0. The molecule has 0 radical (unpaired) electrons. The first-order valence-electron chi connectivity index (χ1n) is 6.71. The smallest absolute Gasteiger partial charge is 0.306 e. The zero-order valence-corrected chi connectivity index (χ0v) is 10.3. The fourth-order valence-corrected chi connectivity index (χ4v) is 2.71. The van der Waals surface area contributed by atoms with Crippen molar-refractivity contribution in [1.82, 2.24) is 0 Å². The number of carbonyl (C=O) groups is 1. The van der Waals surface area contributed by atoms with Crippen LogP contribution in [0.4, 0.5) is 0 Å². The zero-order valence-electron chi connectivity index (χ0n) is 10.3. The van der Waals surface area contributed by atoms with Gasteiger partial charge in [0.1, 0.15) is 0 Å². The van der Waals surface area contributed by atoms with E-state index >= 15 is 0 Å². The van der Waals surface area contributed by atoms with Crippen molar-refractivity contribution in [2.75, 3.05) is 13.2 Å². The topological polar surface area (TPSA) is 55.8 Å². The molecule has 1 unspecified atom stereocenters. The van der Waals surface area contributed by atoms with Crippen LogP contribution in [-0.4, -0.2) is 36.5 Å². The molecule has 0 spiro atoms. The van der Waals surface area contributed by atoms with Gasteiger partial charge in [-0.15, -0.1) is 0 Å². The Morgan fingerprint density at radius 2 is 2.00 bits per heavy atom. The molecule has 98 valence electrons. The van der Waals surface area contributed by atoms with Crippen LogP contribution in [0.1, 0.15) is 44.9 Å². The molecule has 1 atom stereocenters. The van der Waals surface area contributed by atoms with Crippen molar-refractivity contribution in [3.8, 4) is 0 Å². The number of hydrogen-bond donors (Lipinski definition) is 1. The summed E-state index contributed by atoms with van der Waals surface area (Å²) < 4.78 is 11.3. The van der Waals surface area contributed by atoms with Gasteiger partial charge >= 0.3 is 5.97 Å². The van der Waals surface area contributed by atoms with Gasteiger partial charge in [0.25, 0.3) is 0 Å². The van der Waals surface area contributed by atoms with Crippen molar-refractivity contribution in [2.45, 2.75) is 57.2 Å². The Kier molecular flexibility index (Phi) is 4.80. The Labute approximate surface area is 102 Å². The molecule has 0 amide bonds. The first kappa shape index (κ1) is 12.8. The van der Waals surface area contributed by atoms with E-state index in [1.165, 1.54) is 6.42 Å². The largest absolute Gasteiger partial charge is 0.481 e. The molecule has 4 nitrogen and oxygen atoms in total. The molecule has 0 aromatic rings. The predicted octanol–water partition coefficient (Wildman–Crippen LogP) is 2.22. The number of hydrogen-bond acceptors (Lipinski definition) is 3. The summed E-state index contributed by atoms with van der Waals surface area (Å²) in [5.41, 5.74) is 0. The van der Waals surface area contributed by atoms with E-state index in [2.05, 4.69) is 0 Å². The molecule has 1 heterocycles. The van der Waals surface area contributed by atoms with Crippen LogP contribution in [0.25, 0.3) is 0 Å². The van der Waals surface area contributed by atoms with Crippen molar-refractivity contribution in [2.24, 2.45) is 5.92 Å². The molecule has 2 rings (SSSR count). The maximum atomic E-state index is 10.8. The van der Waals surface area contributed by atoms with E-state index in [0.717, 1.165) is 51.7 Å². The maximum absolute atomic E-state index is 10.8. The fourth-order valence-electron chi connectivity index (χ4n) is 2.71. The highest BCUT2D eigenvalue weighted by atomic mass is 16.5. The lowest BCUT2D eigenvalue weighted by molar-refractivity contribution is -0.143. The van der Waals surface area contributed by atoms with Gasteiger partial charge in [0.15, 0.2) is 0 Å². The minimum absolute atomic E-state index is 0.145. The van der Waals surface area contributed by atoms with Gasteiger partial charge in [-0.25, -0.2) is 0 Å². The van der Waals surface area contributed by atoms with Crippen molar-refractivity contribution >= 4 is 5.97 Å². The average Bonchev–Trinajstić information content (AvgIpc) is 2.83. The number of aliphatic carboxylic acids is 1. The first-order valence-corrected chi connectivity index (χ1v) is 6.71. The van der Waals surface area contributed by atoms with Gasteiger partial charge in [-0.3, -0.25) is 4.79 Å². The molecule has 2 aliphatic rings. The van der Waals surface area contributed by atoms with Crippen LogP contribution in [0.5, 0.6) is 0 Å². The molecule has 0 bridgehead atoms. The summed E-state index contributed by atoms with van der Waals surface area (Å²) in [7, 11) is 0. The Morgan fingerprint density at radius 1 is 1.24 bits per heavy atom. The quantitative estimate of drug-likeness (QED) is 0.803. The molecule has 1 aliphatic heterocycles. The second kappa shape index (κ2) is 6.36. The highest BCUT2D eigenvalue weighted by molar-refractivity contribution is 5.70. The average molecular weight is 242 g/mol. The SMILES string of the molecule is O=C(O)C1CCC(OCCC2CCCO2)CC1. The lowest BCUT2D eigenvalue weighted by atomic mass is 9.87. The Bertz CT molecular complexity index is 240. The normalized spacial score (nSPS) is 33.8. The van der Waals surface area contributed by atoms with Gasteiger partial charge in [0.2, 0.25) is 0 Å². The van der Waals surface area contributed by atoms with Crippen LogP contribution in [0, 0.1) is 5.92 Å². The van der Waals surface area contributed by atoms with E-state index in [4.69, 9.17) is 14.6 Å². The van der Waals surface area contributed by atoms with Gasteiger partial charge in [-0.2, -0.15) is 0 Å². The molecule has 2 fully saturated rings. The van der Waals surface area contributed by atoms with Crippen molar-refractivity contribution in [3.63, 3.8) is 0 Å². The van der Waals surface area contributed by atoms with Crippen molar-refractivity contribution in [3.05, 3.63) is 0 Å². The van der Waals surface area contributed by atoms with Crippen LogP contribution in [0.2, 0.25) is 0 Å². The third-order valence-corrected chi connectivity index (χ3v) is 3.84. The molecular formula is C13H22O4. The Hall–Kier alpha value is -0.610. The lowest BCUT2D eigenvalue weighted by Gasteiger charge is -2.26. The first-order chi connectivity index (χ1) is 8.25. The van der Waals surface area contributed by atoms with Crippen LogP contribution in [-0.2, 0) is 14.3 Å². The lowest BCUT2D eigenvalue weighted by Crippen LogP contribution is -2.26. The second-order valence-corrected chi connectivity index (χ2v) is 5.11. The van der Waals surface area contributed by atoms with E-state index < -0.39 is 5.97 Å². The second-order valence-electron chi connectivity index (χ2n) is 5.11. The van der Waals surface area contributed by atoms with E-state index in [0.29, 0.717) is 6.10 Å². The maximum Gasteiger partial charge on any atom is 0.306 e. The summed E-state index contributed by atoms with van der Waals surface area (Å²) in [5.74, 6) is -0.796. The van der Waals surface area contributed by atoms with Crippen molar-refractivity contribution < 1.29 is 19.4 Å². The van der Waals surface area contributed by atoms with Gasteiger partial charge in [-0.1, -0.05) is 0 Å². The van der Waals surface area contributed by atoms with E-state index in [1.54, 1.807) is 0 Å². The Balaban J connectivity index is 1.56. The third-order valence-electron chi connectivity index (χ3n) is 3.84. The number of carboxylic acid groups (broad SMARTS) is 1. The van der Waals surface area contributed by atoms with Crippen LogP contribution in [0.15, 0.2) is 0 Å². The molecule has 1 saturated heterocycles. The molecule has 1 aliphatic carbocycles. The van der Waals surface area contributed by atoms with Gasteiger partial charge in [0.05, 0.1) is 18.1 Å². The van der Waals surface area contributed by atoms with Gasteiger partial charge in [0, 0.05) is 13.2 Å². The fraction of sp³-hybridized carbons (Fsp3) is 0.923. The van der Waals surface area contributed by atoms with E-state index in [1.807, 2.05) is 0 Å². The monoisotopic (exact) mass is 242 g/mol. The minimum Gasteiger partial charge on any atom is -0.481 e. The van der Waals surface area contributed by atoms with Crippen molar-refractivity contribution in [1.29, 1.82) is 0 Å². The molecular weight excluding hydrogens is 220 g/mol. The summed E-state index contributed by atoms with van der Waals surface area (Å²) in [4.78, 5) is 10.8. The highest BCUT2D eigenvalue weighted by Crippen LogP contribution is 2.26. The van der Waals surface area contributed by atoms with Gasteiger partial charge < -0.3 is 14.6 Å². The zero-order chi connectivity index (χ0) is 12.1. The summed E-state index contributed by atoms with van der Waals surface area (Å²) in [6, 6.07) is 0. The van der Waals surface area contributed by atoms with E-state index in [9.17, 15) is 4.79 Å². The van der Waals surface area contributed by atoms with Crippen LogP contribution in [0.3, 0.4) is 0 Å².